The van der Waals surface area contributed by atoms with Gasteiger partial charge in [-0.3, -0.25) is 0 Å². The van der Waals surface area contributed by atoms with Crippen LogP contribution in [-0.4, -0.2) is 16.0 Å². The van der Waals surface area contributed by atoms with Gasteiger partial charge in [-0.05, 0) is 38.3 Å². The maximum Gasteiger partial charge on any atom is 0.136 e. The van der Waals surface area contributed by atoms with Crippen molar-refractivity contribution in [2.24, 2.45) is 11.7 Å². The van der Waals surface area contributed by atoms with Gasteiger partial charge < -0.3 is 11.1 Å². The number of rotatable bonds is 5. The maximum atomic E-state index is 5.69. The molecule has 3 nitrogen and oxygen atoms in total. The van der Waals surface area contributed by atoms with Crippen LogP contribution in [0.15, 0.2) is 12.1 Å². The largest absolute Gasteiger partial charge is 0.389 e. The van der Waals surface area contributed by atoms with Crippen LogP contribution in [-0.2, 0) is 0 Å². The fraction of sp³-hybridized carbons (Fsp3) is 0.538. The number of nitrogens with one attached hydrogen (secondary N) is 1. The third-order valence-electron chi connectivity index (χ3n) is 2.51. The molecule has 0 aromatic carbocycles. The standard InChI is InChI=1S/C13H21N3S/c1-8(2)7-10(4)16-13-11(12(14)17)6-5-9(3)15-13/h5-6,8,10H,7H2,1-4H3,(H2,14,17)(H,15,16). The molecule has 0 radical (unpaired) electrons. The minimum absolute atomic E-state index is 0.359. The van der Waals surface area contributed by atoms with Crippen LogP contribution in [0.4, 0.5) is 5.82 Å². The number of hydrogen-bond acceptors (Lipinski definition) is 3. The van der Waals surface area contributed by atoms with Crippen LogP contribution in [0.25, 0.3) is 0 Å². The predicted octanol–water partition coefficient (Wildman–Crippen LogP) is 2.87. The molecule has 94 valence electrons. The van der Waals surface area contributed by atoms with Gasteiger partial charge in [0.15, 0.2) is 0 Å². The Hall–Kier alpha value is -1.16. The highest BCUT2D eigenvalue weighted by atomic mass is 32.1. The van der Waals surface area contributed by atoms with Crippen molar-refractivity contribution in [3.05, 3.63) is 23.4 Å². The second-order valence-electron chi connectivity index (χ2n) is 4.89. The molecule has 1 aromatic rings. The molecule has 0 fully saturated rings. The first-order valence-corrected chi connectivity index (χ1v) is 6.35. The Bertz CT molecular complexity index is 402. The molecule has 1 rings (SSSR count). The monoisotopic (exact) mass is 251 g/mol. The Kier molecular flexibility index (Phi) is 4.87. The summed E-state index contributed by atoms with van der Waals surface area (Å²) in [6, 6.07) is 4.21. The summed E-state index contributed by atoms with van der Waals surface area (Å²) < 4.78 is 0. The molecule has 1 aromatic heterocycles. The molecule has 0 spiro atoms. The third-order valence-corrected chi connectivity index (χ3v) is 2.73. The smallest absolute Gasteiger partial charge is 0.136 e. The van der Waals surface area contributed by atoms with E-state index in [9.17, 15) is 0 Å². The molecule has 0 saturated heterocycles. The summed E-state index contributed by atoms with van der Waals surface area (Å²) in [4.78, 5) is 4.85. The zero-order chi connectivity index (χ0) is 13.0. The van der Waals surface area contributed by atoms with E-state index in [2.05, 4.69) is 31.1 Å². The van der Waals surface area contributed by atoms with Crippen LogP contribution in [0.3, 0.4) is 0 Å². The third kappa shape index (κ3) is 4.30. The van der Waals surface area contributed by atoms with Gasteiger partial charge in [0.1, 0.15) is 10.8 Å². The van der Waals surface area contributed by atoms with E-state index in [1.807, 2.05) is 19.1 Å². The molecule has 0 amide bonds. The molecule has 4 heteroatoms. The summed E-state index contributed by atoms with van der Waals surface area (Å²) in [6.07, 6.45) is 1.09. The van der Waals surface area contributed by atoms with E-state index >= 15 is 0 Å². The van der Waals surface area contributed by atoms with Gasteiger partial charge in [0.05, 0.1) is 5.56 Å². The lowest BCUT2D eigenvalue weighted by Gasteiger charge is -2.18. The Labute approximate surface area is 109 Å². The topological polar surface area (TPSA) is 50.9 Å². The summed E-state index contributed by atoms with van der Waals surface area (Å²) in [5.74, 6) is 1.45. The highest BCUT2D eigenvalue weighted by Gasteiger charge is 2.11. The van der Waals surface area contributed by atoms with Crippen molar-refractivity contribution in [1.82, 2.24) is 4.98 Å². The molecule has 0 aliphatic heterocycles. The molecule has 1 heterocycles. The number of aryl methyl sites for hydroxylation is 1. The molecule has 17 heavy (non-hydrogen) atoms. The second kappa shape index (κ2) is 5.96. The summed E-state index contributed by atoms with van der Waals surface area (Å²) in [6.45, 7) is 8.52. The van der Waals surface area contributed by atoms with Gasteiger partial charge >= 0.3 is 0 Å². The normalized spacial score (nSPS) is 12.5. The van der Waals surface area contributed by atoms with Gasteiger partial charge in [0.25, 0.3) is 0 Å². The lowest BCUT2D eigenvalue weighted by Crippen LogP contribution is -2.22. The highest BCUT2D eigenvalue weighted by molar-refractivity contribution is 7.80. The lowest BCUT2D eigenvalue weighted by molar-refractivity contribution is 0.538. The van der Waals surface area contributed by atoms with Crippen LogP contribution in [0, 0.1) is 12.8 Å². The van der Waals surface area contributed by atoms with Crippen molar-refractivity contribution in [3.8, 4) is 0 Å². The summed E-state index contributed by atoms with van der Waals surface area (Å²) in [5.41, 5.74) is 7.48. The minimum Gasteiger partial charge on any atom is -0.389 e. The van der Waals surface area contributed by atoms with E-state index < -0.39 is 0 Å². The van der Waals surface area contributed by atoms with Crippen LogP contribution >= 0.6 is 12.2 Å². The van der Waals surface area contributed by atoms with Crippen molar-refractivity contribution >= 4 is 23.0 Å². The summed E-state index contributed by atoms with van der Waals surface area (Å²) >= 11 is 5.03. The summed E-state index contributed by atoms with van der Waals surface area (Å²) in [5, 5.41) is 3.39. The molecule has 3 N–H and O–H groups in total. The van der Waals surface area contributed by atoms with Crippen molar-refractivity contribution in [2.75, 3.05) is 5.32 Å². The van der Waals surface area contributed by atoms with E-state index in [0.717, 1.165) is 23.5 Å². The van der Waals surface area contributed by atoms with Crippen LogP contribution in [0.2, 0.25) is 0 Å². The van der Waals surface area contributed by atoms with Gasteiger partial charge in [-0.1, -0.05) is 26.1 Å². The number of hydrogen-bond donors (Lipinski definition) is 2. The van der Waals surface area contributed by atoms with Crippen molar-refractivity contribution < 1.29 is 0 Å². The molecule has 0 saturated carbocycles. The molecule has 1 unspecified atom stereocenters. The van der Waals surface area contributed by atoms with E-state index in [4.69, 9.17) is 18.0 Å². The Balaban J connectivity index is 2.88. The number of nitrogens with zero attached hydrogens (tertiary/aromatic N) is 1. The molecular formula is C13H21N3S. The Morgan fingerprint density at radius 3 is 2.59 bits per heavy atom. The van der Waals surface area contributed by atoms with Crippen molar-refractivity contribution in [1.29, 1.82) is 0 Å². The lowest BCUT2D eigenvalue weighted by atomic mass is 10.1. The number of pyridine rings is 1. The average molecular weight is 251 g/mol. The fourth-order valence-electron chi connectivity index (χ4n) is 1.86. The Morgan fingerprint density at radius 2 is 2.06 bits per heavy atom. The van der Waals surface area contributed by atoms with Crippen LogP contribution in [0.1, 0.15) is 38.4 Å². The van der Waals surface area contributed by atoms with Gasteiger partial charge in [-0.2, -0.15) is 0 Å². The summed E-state index contributed by atoms with van der Waals surface area (Å²) in [7, 11) is 0. The van der Waals surface area contributed by atoms with E-state index in [0.29, 0.717) is 16.9 Å². The van der Waals surface area contributed by atoms with E-state index in [1.54, 1.807) is 0 Å². The van der Waals surface area contributed by atoms with Gasteiger partial charge in [-0.25, -0.2) is 4.98 Å². The first-order valence-electron chi connectivity index (χ1n) is 5.94. The zero-order valence-corrected chi connectivity index (χ0v) is 11.8. The molecule has 0 bridgehead atoms. The predicted molar refractivity (Wildman–Crippen MR) is 77.4 cm³/mol. The maximum absolute atomic E-state index is 5.69. The van der Waals surface area contributed by atoms with Crippen molar-refractivity contribution in [3.63, 3.8) is 0 Å². The molecule has 0 aliphatic carbocycles. The van der Waals surface area contributed by atoms with Gasteiger partial charge in [0.2, 0.25) is 0 Å². The quantitative estimate of drug-likeness (QED) is 0.790. The zero-order valence-electron chi connectivity index (χ0n) is 10.9. The van der Waals surface area contributed by atoms with Crippen LogP contribution < -0.4 is 11.1 Å². The number of thiocarbonyl (C=S) groups is 1. The average Bonchev–Trinajstić information content (AvgIpc) is 2.15. The molecule has 0 aliphatic rings. The fourth-order valence-corrected chi connectivity index (χ4v) is 2.03. The first kappa shape index (κ1) is 13.9. The van der Waals surface area contributed by atoms with Gasteiger partial charge in [-0.15, -0.1) is 0 Å². The first-order chi connectivity index (χ1) is 7.90. The highest BCUT2D eigenvalue weighted by Crippen LogP contribution is 2.16. The van der Waals surface area contributed by atoms with Crippen molar-refractivity contribution in [2.45, 2.75) is 40.2 Å². The minimum atomic E-state index is 0.359. The second-order valence-corrected chi connectivity index (χ2v) is 5.33. The van der Waals surface area contributed by atoms with E-state index in [-0.39, 0.29) is 0 Å². The number of anilines is 1. The van der Waals surface area contributed by atoms with Crippen LogP contribution in [0.5, 0.6) is 0 Å². The molecular weight excluding hydrogens is 230 g/mol. The van der Waals surface area contributed by atoms with Gasteiger partial charge in [0, 0.05) is 11.7 Å². The Morgan fingerprint density at radius 1 is 1.41 bits per heavy atom. The SMILES string of the molecule is Cc1ccc(C(N)=S)c(NC(C)CC(C)C)n1. The molecule has 1 atom stereocenters. The van der Waals surface area contributed by atoms with E-state index in [1.165, 1.54) is 0 Å². The number of aromatic nitrogens is 1. The number of nitrogens with two attached hydrogens (primary N) is 1.